The van der Waals surface area contributed by atoms with Gasteiger partial charge in [-0.15, -0.1) is 0 Å². The molecule has 6 heteroatoms. The van der Waals surface area contributed by atoms with Crippen molar-refractivity contribution < 1.29 is 4.42 Å². The van der Waals surface area contributed by atoms with Gasteiger partial charge in [-0.2, -0.15) is 5.10 Å². The summed E-state index contributed by atoms with van der Waals surface area (Å²) in [4.78, 5) is 14.5. The molecule has 0 radical (unpaired) electrons. The molecule has 6 rings (SSSR count). The van der Waals surface area contributed by atoms with Crippen LogP contribution in [0.4, 0.5) is 0 Å². The maximum atomic E-state index is 6.21. The molecule has 0 saturated carbocycles. The van der Waals surface area contributed by atoms with Crippen LogP contribution in [0.5, 0.6) is 0 Å². The van der Waals surface area contributed by atoms with Crippen molar-refractivity contribution in [2.75, 3.05) is 0 Å². The Balaban J connectivity index is 1.46. The Hall–Kier alpha value is -4.32. The van der Waals surface area contributed by atoms with Crippen molar-refractivity contribution in [3.8, 4) is 17.1 Å². The molecule has 0 aliphatic carbocycles. The molecule has 0 unspecified atom stereocenters. The predicted octanol–water partition coefficient (Wildman–Crippen LogP) is 6.26. The average Bonchev–Trinajstić information content (AvgIpc) is 3.52. The molecule has 166 valence electrons. The molecule has 0 atom stereocenters. The normalized spacial score (nSPS) is 12.0. The van der Waals surface area contributed by atoms with E-state index in [2.05, 4.69) is 42.1 Å². The second-order valence-corrected chi connectivity index (χ2v) is 8.95. The number of benzene rings is 1. The minimum Gasteiger partial charge on any atom is -0.437 e. The SMILES string of the molecule is Cc1ccc2c(n1)oc1c(-c3cccc(C(C)(C)c4cccc(-n5cccn5)n4)n3)cccc12. The lowest BCUT2D eigenvalue weighted by Crippen LogP contribution is -2.23. The number of furan rings is 1. The molecule has 6 nitrogen and oxygen atoms in total. The van der Waals surface area contributed by atoms with E-state index < -0.39 is 5.41 Å². The molecule has 34 heavy (non-hydrogen) atoms. The van der Waals surface area contributed by atoms with Crippen molar-refractivity contribution in [1.82, 2.24) is 24.7 Å². The number of para-hydroxylation sites is 1. The van der Waals surface area contributed by atoms with Gasteiger partial charge in [0.05, 0.1) is 17.1 Å². The Bertz CT molecular complexity index is 1650. The van der Waals surface area contributed by atoms with Crippen LogP contribution < -0.4 is 0 Å². The Morgan fingerprint density at radius 1 is 0.765 bits per heavy atom. The summed E-state index contributed by atoms with van der Waals surface area (Å²) < 4.78 is 7.98. The molecular formula is C28H23N5O. The summed E-state index contributed by atoms with van der Waals surface area (Å²) >= 11 is 0. The van der Waals surface area contributed by atoms with E-state index in [1.54, 1.807) is 10.9 Å². The molecule has 0 aliphatic heterocycles. The van der Waals surface area contributed by atoms with E-state index in [9.17, 15) is 0 Å². The van der Waals surface area contributed by atoms with Crippen LogP contribution in [0.1, 0.15) is 30.9 Å². The van der Waals surface area contributed by atoms with Gasteiger partial charge < -0.3 is 4.42 Å². The fourth-order valence-electron chi connectivity index (χ4n) is 4.34. The average molecular weight is 446 g/mol. The number of aryl methyl sites for hydroxylation is 1. The van der Waals surface area contributed by atoms with Gasteiger partial charge in [-0.25, -0.2) is 14.6 Å². The molecule has 0 aliphatic rings. The Morgan fingerprint density at radius 2 is 1.56 bits per heavy atom. The highest BCUT2D eigenvalue weighted by atomic mass is 16.3. The van der Waals surface area contributed by atoms with Crippen LogP contribution in [0.25, 0.3) is 39.1 Å². The first-order valence-electron chi connectivity index (χ1n) is 11.2. The van der Waals surface area contributed by atoms with Gasteiger partial charge in [0.1, 0.15) is 5.58 Å². The topological polar surface area (TPSA) is 69.6 Å². The molecule has 0 amide bonds. The van der Waals surface area contributed by atoms with Crippen molar-refractivity contribution in [3.63, 3.8) is 0 Å². The highest BCUT2D eigenvalue weighted by Gasteiger charge is 2.27. The van der Waals surface area contributed by atoms with Crippen LogP contribution in [0, 0.1) is 6.92 Å². The number of aromatic nitrogens is 5. The van der Waals surface area contributed by atoms with Gasteiger partial charge in [-0.3, -0.25) is 4.98 Å². The second kappa shape index (κ2) is 7.63. The maximum Gasteiger partial charge on any atom is 0.227 e. The lowest BCUT2D eigenvalue weighted by molar-refractivity contribution is 0.592. The van der Waals surface area contributed by atoms with E-state index in [-0.39, 0.29) is 0 Å². The summed E-state index contributed by atoms with van der Waals surface area (Å²) in [7, 11) is 0. The number of pyridine rings is 3. The fraction of sp³-hybridized carbons (Fsp3) is 0.143. The first-order valence-corrected chi connectivity index (χ1v) is 11.2. The predicted molar refractivity (Wildman–Crippen MR) is 133 cm³/mol. The molecule has 0 fully saturated rings. The van der Waals surface area contributed by atoms with Crippen LogP contribution >= 0.6 is 0 Å². The quantitative estimate of drug-likeness (QED) is 0.320. The maximum absolute atomic E-state index is 6.21. The van der Waals surface area contributed by atoms with Crippen molar-refractivity contribution in [2.45, 2.75) is 26.2 Å². The largest absolute Gasteiger partial charge is 0.437 e. The Morgan fingerprint density at radius 3 is 2.38 bits per heavy atom. The molecule has 0 spiro atoms. The van der Waals surface area contributed by atoms with E-state index in [0.29, 0.717) is 5.71 Å². The number of nitrogens with zero attached hydrogens (tertiary/aromatic N) is 5. The van der Waals surface area contributed by atoms with Crippen LogP contribution in [0.3, 0.4) is 0 Å². The van der Waals surface area contributed by atoms with Gasteiger partial charge in [0.25, 0.3) is 0 Å². The van der Waals surface area contributed by atoms with E-state index in [1.807, 2.05) is 67.7 Å². The van der Waals surface area contributed by atoms with Crippen molar-refractivity contribution in [3.05, 3.63) is 102 Å². The molecule has 0 N–H and O–H groups in total. The van der Waals surface area contributed by atoms with Gasteiger partial charge in [-0.05, 0) is 69.3 Å². The van der Waals surface area contributed by atoms with Gasteiger partial charge in [0, 0.05) is 39.8 Å². The zero-order chi connectivity index (χ0) is 23.3. The lowest BCUT2D eigenvalue weighted by Gasteiger charge is -2.24. The summed E-state index contributed by atoms with van der Waals surface area (Å²) in [6, 6.07) is 24.2. The van der Waals surface area contributed by atoms with E-state index in [1.165, 1.54) is 0 Å². The van der Waals surface area contributed by atoms with Gasteiger partial charge in [-0.1, -0.05) is 24.3 Å². The fourth-order valence-corrected chi connectivity index (χ4v) is 4.34. The number of hydrogen-bond donors (Lipinski definition) is 0. The Labute approximate surface area is 196 Å². The van der Waals surface area contributed by atoms with E-state index in [4.69, 9.17) is 14.4 Å². The zero-order valence-electron chi connectivity index (χ0n) is 19.2. The summed E-state index contributed by atoms with van der Waals surface area (Å²) in [5.41, 5.74) is 5.62. The summed E-state index contributed by atoms with van der Waals surface area (Å²) in [5, 5.41) is 6.37. The van der Waals surface area contributed by atoms with Gasteiger partial charge in [0.2, 0.25) is 5.71 Å². The highest BCUT2D eigenvalue weighted by molar-refractivity contribution is 6.08. The monoisotopic (exact) mass is 445 g/mol. The molecule has 5 aromatic heterocycles. The van der Waals surface area contributed by atoms with E-state index in [0.717, 1.165) is 50.5 Å². The minimum absolute atomic E-state index is 0.417. The molecule has 0 saturated heterocycles. The summed E-state index contributed by atoms with van der Waals surface area (Å²) in [6.07, 6.45) is 3.64. The van der Waals surface area contributed by atoms with Crippen molar-refractivity contribution in [1.29, 1.82) is 0 Å². The van der Waals surface area contributed by atoms with E-state index >= 15 is 0 Å². The second-order valence-electron chi connectivity index (χ2n) is 8.95. The Kier molecular flexibility index (Phi) is 4.55. The highest BCUT2D eigenvalue weighted by Crippen LogP contribution is 2.36. The van der Waals surface area contributed by atoms with Crippen LogP contribution in [0.2, 0.25) is 0 Å². The molecule has 5 heterocycles. The summed E-state index contributed by atoms with van der Waals surface area (Å²) in [5.74, 6) is 0.779. The van der Waals surface area contributed by atoms with Crippen LogP contribution in [0.15, 0.2) is 89.6 Å². The standard InChI is InChI=1S/C28H23N5O/c1-18-14-15-20-19-8-4-9-21(26(19)34-27(20)30-18)22-10-5-11-23(31-22)28(2,3)24-12-6-13-25(32-24)33-17-7-16-29-33/h4-17H,1-3H3. The van der Waals surface area contributed by atoms with Crippen molar-refractivity contribution >= 4 is 22.1 Å². The molecule has 6 aromatic rings. The zero-order valence-corrected chi connectivity index (χ0v) is 19.2. The summed E-state index contributed by atoms with van der Waals surface area (Å²) in [6.45, 7) is 6.25. The van der Waals surface area contributed by atoms with Gasteiger partial charge >= 0.3 is 0 Å². The number of hydrogen-bond acceptors (Lipinski definition) is 5. The third-order valence-electron chi connectivity index (χ3n) is 6.28. The van der Waals surface area contributed by atoms with Gasteiger partial charge in [0.15, 0.2) is 5.82 Å². The number of rotatable bonds is 4. The van der Waals surface area contributed by atoms with Crippen molar-refractivity contribution in [2.24, 2.45) is 0 Å². The van der Waals surface area contributed by atoms with Crippen LogP contribution in [-0.2, 0) is 5.41 Å². The molecule has 0 bridgehead atoms. The third kappa shape index (κ3) is 3.27. The lowest BCUT2D eigenvalue weighted by atomic mass is 9.84. The smallest absolute Gasteiger partial charge is 0.227 e. The number of fused-ring (bicyclic) bond motifs is 3. The minimum atomic E-state index is -0.417. The first-order chi connectivity index (χ1) is 16.5. The molecule has 1 aromatic carbocycles. The third-order valence-corrected chi connectivity index (χ3v) is 6.28. The molecular weight excluding hydrogens is 422 g/mol. The first kappa shape index (κ1) is 20.3. The van der Waals surface area contributed by atoms with Crippen LogP contribution in [-0.4, -0.2) is 24.7 Å².